The molecule has 4 aromatic rings. The van der Waals surface area contributed by atoms with Crippen LogP contribution in [0.3, 0.4) is 0 Å². The quantitative estimate of drug-likeness (QED) is 0.327. The van der Waals surface area contributed by atoms with Gasteiger partial charge in [-0.15, -0.1) is 0 Å². The summed E-state index contributed by atoms with van der Waals surface area (Å²) in [5.74, 6) is -1.62. The number of anilines is 2. The van der Waals surface area contributed by atoms with E-state index in [0.717, 1.165) is 11.8 Å². The third kappa shape index (κ3) is 6.93. The van der Waals surface area contributed by atoms with Crippen molar-refractivity contribution in [2.24, 2.45) is 5.73 Å². The number of hydrogen-bond acceptors (Lipinski definition) is 7. The summed E-state index contributed by atoms with van der Waals surface area (Å²) in [6.45, 7) is 4.66. The second-order valence-corrected chi connectivity index (χ2v) is 7.43. The number of alkyl halides is 3. The number of benzene rings is 1. The van der Waals surface area contributed by atoms with E-state index in [1.54, 1.807) is 12.1 Å². The molecule has 13 heteroatoms. The van der Waals surface area contributed by atoms with E-state index in [9.17, 15) is 22.8 Å². The molecule has 194 valence electrons. The maximum atomic E-state index is 12.7. The van der Waals surface area contributed by atoms with Crippen molar-refractivity contribution in [1.82, 2.24) is 19.7 Å². The molecule has 0 saturated carbocycles. The van der Waals surface area contributed by atoms with Crippen LogP contribution in [0.5, 0.6) is 0 Å². The second kappa shape index (κ2) is 11.4. The molecule has 0 aliphatic carbocycles. The molecular formula is C24H24F3N7O3. The molecule has 0 spiro atoms. The number of oxazole rings is 1. The lowest BCUT2D eigenvalue weighted by Gasteiger charge is -2.08. The van der Waals surface area contributed by atoms with E-state index < -0.39 is 24.5 Å². The molecule has 0 unspecified atom stereocenters. The number of pyridine rings is 1. The maximum absolute atomic E-state index is 12.7. The van der Waals surface area contributed by atoms with Crippen LogP contribution in [-0.4, -0.2) is 44.3 Å². The SMILES string of the molecule is CC.Cc1ccc(-n2cc(NC(=O)c3coc(-c4ccnc(NCC(F)(F)F)c4)n3)c(C(N)=O)n2)cc1. The number of nitrogens with zero attached hydrogens (tertiary/aromatic N) is 4. The molecule has 2 amide bonds. The van der Waals surface area contributed by atoms with Gasteiger partial charge in [0, 0.05) is 11.8 Å². The summed E-state index contributed by atoms with van der Waals surface area (Å²) < 4.78 is 44.0. The number of nitrogens with one attached hydrogen (secondary N) is 2. The van der Waals surface area contributed by atoms with Gasteiger partial charge in [-0.05, 0) is 31.2 Å². The second-order valence-electron chi connectivity index (χ2n) is 7.43. The molecule has 37 heavy (non-hydrogen) atoms. The molecule has 0 saturated heterocycles. The van der Waals surface area contributed by atoms with Crippen LogP contribution < -0.4 is 16.4 Å². The standard InChI is InChI=1S/C22H18F3N7O3.C2H6/c1-12-2-4-14(5-3-12)32-9-15(18(31-32)19(26)33)29-20(34)16-10-35-21(30-16)13-6-7-27-17(8-13)28-11-22(23,24)25;1-2/h2-10H,11H2,1H3,(H2,26,33)(H,27,28)(H,29,34);1-2H3. The first-order chi connectivity index (χ1) is 17.6. The highest BCUT2D eigenvalue weighted by Gasteiger charge is 2.27. The van der Waals surface area contributed by atoms with E-state index in [0.29, 0.717) is 11.3 Å². The van der Waals surface area contributed by atoms with Crippen LogP contribution in [0, 0.1) is 6.92 Å². The lowest BCUT2D eigenvalue weighted by Crippen LogP contribution is -2.21. The molecule has 0 radical (unpaired) electrons. The molecule has 0 aliphatic heterocycles. The first-order valence-electron chi connectivity index (χ1n) is 11.1. The Balaban J connectivity index is 0.00000186. The van der Waals surface area contributed by atoms with Gasteiger partial charge in [0.2, 0.25) is 5.89 Å². The highest BCUT2D eigenvalue weighted by molar-refractivity contribution is 6.07. The van der Waals surface area contributed by atoms with Gasteiger partial charge in [0.15, 0.2) is 11.4 Å². The third-order valence-corrected chi connectivity index (χ3v) is 4.71. The van der Waals surface area contributed by atoms with E-state index in [4.69, 9.17) is 10.2 Å². The van der Waals surface area contributed by atoms with Crippen molar-refractivity contribution in [3.05, 3.63) is 72.0 Å². The van der Waals surface area contributed by atoms with E-state index in [1.165, 1.54) is 29.2 Å². The predicted molar refractivity (Wildman–Crippen MR) is 130 cm³/mol. The van der Waals surface area contributed by atoms with Crippen LogP contribution in [0.4, 0.5) is 24.7 Å². The fourth-order valence-corrected chi connectivity index (χ4v) is 3.03. The van der Waals surface area contributed by atoms with Crippen molar-refractivity contribution < 1.29 is 27.2 Å². The van der Waals surface area contributed by atoms with Gasteiger partial charge in [0.25, 0.3) is 11.8 Å². The number of amides is 2. The summed E-state index contributed by atoms with van der Waals surface area (Å²) in [5, 5.41) is 8.83. The highest BCUT2D eigenvalue weighted by atomic mass is 19.4. The topological polar surface area (TPSA) is 141 Å². The molecule has 3 heterocycles. The van der Waals surface area contributed by atoms with Gasteiger partial charge in [-0.1, -0.05) is 31.5 Å². The Labute approximate surface area is 209 Å². The van der Waals surface area contributed by atoms with E-state index in [-0.39, 0.29) is 28.8 Å². The molecule has 4 N–H and O–H groups in total. The number of aryl methyl sites for hydroxylation is 1. The summed E-state index contributed by atoms with van der Waals surface area (Å²) >= 11 is 0. The van der Waals surface area contributed by atoms with Crippen molar-refractivity contribution in [3.8, 4) is 17.1 Å². The van der Waals surface area contributed by atoms with E-state index >= 15 is 0 Å². The summed E-state index contributed by atoms with van der Waals surface area (Å²) in [5.41, 5.74) is 7.16. The number of nitrogens with two attached hydrogens (primary N) is 1. The largest absolute Gasteiger partial charge is 0.444 e. The van der Waals surface area contributed by atoms with Crippen LogP contribution in [0.25, 0.3) is 17.1 Å². The Hall–Kier alpha value is -4.68. The zero-order valence-corrected chi connectivity index (χ0v) is 20.1. The molecule has 0 fully saturated rings. The van der Waals surface area contributed by atoms with Crippen LogP contribution in [-0.2, 0) is 0 Å². The van der Waals surface area contributed by atoms with Gasteiger partial charge in [0.05, 0.1) is 17.6 Å². The molecule has 0 aliphatic rings. The molecule has 1 aromatic carbocycles. The number of rotatable bonds is 7. The lowest BCUT2D eigenvalue weighted by atomic mass is 10.2. The number of aromatic nitrogens is 4. The Morgan fingerprint density at radius 1 is 1.14 bits per heavy atom. The third-order valence-electron chi connectivity index (χ3n) is 4.71. The van der Waals surface area contributed by atoms with Gasteiger partial charge in [-0.25, -0.2) is 14.6 Å². The Kier molecular flexibility index (Phi) is 8.27. The summed E-state index contributed by atoms with van der Waals surface area (Å²) in [4.78, 5) is 32.5. The van der Waals surface area contributed by atoms with Gasteiger partial charge in [0.1, 0.15) is 18.6 Å². The monoisotopic (exact) mass is 515 g/mol. The van der Waals surface area contributed by atoms with Gasteiger partial charge in [-0.3, -0.25) is 9.59 Å². The number of hydrogen-bond donors (Lipinski definition) is 3. The predicted octanol–water partition coefficient (Wildman–Crippen LogP) is 4.58. The van der Waals surface area contributed by atoms with Crippen molar-refractivity contribution >= 4 is 23.3 Å². The van der Waals surface area contributed by atoms with E-state index in [1.807, 2.05) is 32.9 Å². The molecule has 4 rings (SSSR count). The number of halogens is 3. The zero-order chi connectivity index (χ0) is 27.2. The molecule has 0 atom stereocenters. The smallest absolute Gasteiger partial charge is 0.405 e. The minimum Gasteiger partial charge on any atom is -0.444 e. The molecule has 0 bridgehead atoms. The molecule has 3 aromatic heterocycles. The first-order valence-corrected chi connectivity index (χ1v) is 11.1. The normalized spacial score (nSPS) is 10.9. The zero-order valence-electron chi connectivity index (χ0n) is 20.1. The number of primary amides is 1. The van der Waals surface area contributed by atoms with Crippen molar-refractivity contribution in [3.63, 3.8) is 0 Å². The van der Waals surface area contributed by atoms with Crippen LogP contribution >= 0.6 is 0 Å². The summed E-state index contributed by atoms with van der Waals surface area (Å²) in [6, 6.07) is 10.1. The molecule has 10 nitrogen and oxygen atoms in total. The van der Waals surface area contributed by atoms with Crippen LogP contribution in [0.2, 0.25) is 0 Å². The van der Waals surface area contributed by atoms with Gasteiger partial charge >= 0.3 is 6.18 Å². The highest BCUT2D eigenvalue weighted by Crippen LogP contribution is 2.23. The van der Waals surface area contributed by atoms with Crippen LogP contribution in [0.1, 0.15) is 40.4 Å². The Morgan fingerprint density at radius 2 is 1.84 bits per heavy atom. The minimum absolute atomic E-state index is 0.0157. The van der Waals surface area contributed by atoms with Crippen molar-refractivity contribution in [1.29, 1.82) is 0 Å². The van der Waals surface area contributed by atoms with Gasteiger partial charge in [-0.2, -0.15) is 18.3 Å². The maximum Gasteiger partial charge on any atom is 0.405 e. The number of carbonyl (C=O) groups is 2. The first kappa shape index (κ1) is 26.9. The summed E-state index contributed by atoms with van der Waals surface area (Å²) in [6.07, 6.45) is -0.632. The van der Waals surface area contributed by atoms with Crippen molar-refractivity contribution in [2.75, 3.05) is 17.2 Å². The Bertz CT molecular complexity index is 1380. The fourth-order valence-electron chi connectivity index (χ4n) is 3.03. The minimum atomic E-state index is -4.41. The number of carbonyl (C=O) groups excluding carboxylic acids is 2. The molecular weight excluding hydrogens is 491 g/mol. The average molecular weight is 515 g/mol. The van der Waals surface area contributed by atoms with Gasteiger partial charge < -0.3 is 20.8 Å². The van der Waals surface area contributed by atoms with Crippen LogP contribution in [0.15, 0.2) is 59.5 Å². The fraction of sp³-hybridized carbons (Fsp3) is 0.208. The average Bonchev–Trinajstić information content (AvgIpc) is 3.52. The Morgan fingerprint density at radius 3 is 2.49 bits per heavy atom. The van der Waals surface area contributed by atoms with Crippen molar-refractivity contribution in [2.45, 2.75) is 26.9 Å². The summed E-state index contributed by atoms with van der Waals surface area (Å²) in [7, 11) is 0. The van der Waals surface area contributed by atoms with E-state index in [2.05, 4.69) is 25.7 Å². The lowest BCUT2D eigenvalue weighted by molar-refractivity contribution is -0.115.